The van der Waals surface area contributed by atoms with Gasteiger partial charge in [0, 0.05) is 30.5 Å². The zero-order valence-corrected chi connectivity index (χ0v) is 26.6. The van der Waals surface area contributed by atoms with E-state index in [4.69, 9.17) is 16.3 Å². The molecule has 42 heavy (non-hydrogen) atoms. The molecule has 0 atom stereocenters. The van der Waals surface area contributed by atoms with Gasteiger partial charge in [0.2, 0.25) is 11.9 Å². The lowest BCUT2D eigenvalue weighted by Crippen LogP contribution is -2.42. The van der Waals surface area contributed by atoms with Gasteiger partial charge in [0.15, 0.2) is 5.82 Å². The molecule has 1 aromatic heterocycles. The van der Waals surface area contributed by atoms with Gasteiger partial charge in [-0.3, -0.25) is 4.79 Å². The molecule has 1 saturated heterocycles. The van der Waals surface area contributed by atoms with Crippen LogP contribution in [0.2, 0.25) is 5.02 Å². The van der Waals surface area contributed by atoms with E-state index < -0.39 is 7.14 Å². The Balaban J connectivity index is 1.67. The maximum absolute atomic E-state index is 13.0. The fourth-order valence-corrected chi connectivity index (χ4v) is 6.32. The van der Waals surface area contributed by atoms with Crippen LogP contribution in [0.3, 0.4) is 0 Å². The van der Waals surface area contributed by atoms with Gasteiger partial charge in [0.05, 0.1) is 36.1 Å². The van der Waals surface area contributed by atoms with Crippen molar-refractivity contribution < 1.29 is 14.1 Å². The summed E-state index contributed by atoms with van der Waals surface area (Å²) in [6.45, 7) is 10.7. The van der Waals surface area contributed by atoms with Crippen molar-refractivity contribution in [3.63, 3.8) is 0 Å². The van der Waals surface area contributed by atoms with Crippen LogP contribution in [-0.4, -0.2) is 74.4 Å². The molecule has 3 aromatic rings. The van der Waals surface area contributed by atoms with Crippen molar-refractivity contribution >= 4 is 64.5 Å². The van der Waals surface area contributed by atoms with Gasteiger partial charge in [-0.05, 0) is 71.5 Å². The van der Waals surface area contributed by atoms with Gasteiger partial charge in [-0.15, -0.1) is 0 Å². The van der Waals surface area contributed by atoms with E-state index in [0.717, 1.165) is 37.2 Å². The van der Waals surface area contributed by atoms with Gasteiger partial charge in [-0.25, -0.2) is 4.98 Å². The first-order valence-corrected chi connectivity index (χ1v) is 16.7. The van der Waals surface area contributed by atoms with E-state index in [9.17, 15) is 9.36 Å². The summed E-state index contributed by atoms with van der Waals surface area (Å²) in [5.74, 6) is 0.851. The monoisotopic (exact) mass is 611 g/mol. The lowest BCUT2D eigenvalue weighted by molar-refractivity contribution is -0.111. The molecule has 0 bridgehead atoms. The van der Waals surface area contributed by atoms with Crippen molar-refractivity contribution in [3.8, 4) is 5.75 Å². The third kappa shape index (κ3) is 7.43. The van der Waals surface area contributed by atoms with Gasteiger partial charge in [-0.1, -0.05) is 29.8 Å². The number of nitrogens with zero attached hydrogens (tertiary/aromatic N) is 4. The number of amides is 1. The number of nitrogens with one attached hydrogen (secondary N) is 3. The summed E-state index contributed by atoms with van der Waals surface area (Å²) in [5, 5.41) is 10.4. The highest BCUT2D eigenvalue weighted by molar-refractivity contribution is 7.70. The van der Waals surface area contributed by atoms with Crippen molar-refractivity contribution in [2.24, 2.45) is 0 Å². The first-order chi connectivity index (χ1) is 19.9. The molecule has 2 aromatic carbocycles. The predicted molar refractivity (Wildman–Crippen MR) is 175 cm³/mol. The number of hydrogen-bond acceptors (Lipinski definition) is 9. The maximum Gasteiger partial charge on any atom is 0.247 e. The molecule has 0 aliphatic carbocycles. The largest absolute Gasteiger partial charge is 0.494 e. The van der Waals surface area contributed by atoms with E-state index in [0.29, 0.717) is 45.0 Å². The normalized spacial score (nSPS) is 14.0. The molecule has 0 radical (unpaired) electrons. The fourth-order valence-electron chi connectivity index (χ4n) is 4.96. The van der Waals surface area contributed by atoms with E-state index in [1.165, 1.54) is 12.3 Å². The zero-order chi connectivity index (χ0) is 30.6. The van der Waals surface area contributed by atoms with Gasteiger partial charge >= 0.3 is 0 Å². The molecule has 2 heterocycles. The molecule has 1 fully saturated rings. The number of rotatable bonds is 10. The molecule has 0 unspecified atom stereocenters. The standard InChI is InChI=1S/C30H39ClN7O3P/c1-8-28(39)33-23-16-24(26(41-5)17-25(23)38-13-11-20(12-14-38)37(3)4)35-30-32-18-21(31)29(36-30)34-22-10-9-19(2)15-27(22)42(6,7)40/h8-10,15-18,20H,1,11-14H2,2-7H3,(H,33,39)(H2,32,34,35,36). The van der Waals surface area contributed by atoms with Gasteiger partial charge in [0.1, 0.15) is 17.9 Å². The maximum atomic E-state index is 13.0. The van der Waals surface area contributed by atoms with Gasteiger partial charge in [-0.2, -0.15) is 4.98 Å². The third-order valence-corrected chi connectivity index (χ3v) is 9.08. The summed E-state index contributed by atoms with van der Waals surface area (Å²) in [6, 6.07) is 9.94. The average molecular weight is 612 g/mol. The number of carbonyl (C=O) groups is 1. The minimum atomic E-state index is -2.59. The SMILES string of the molecule is C=CC(=O)Nc1cc(Nc2ncc(Cl)c(Nc3ccc(C)cc3P(C)(C)=O)n2)c(OC)cc1N1CCC(N(C)C)CC1. The number of anilines is 6. The Bertz CT molecular complexity index is 1520. The number of carbonyl (C=O) groups excluding carboxylic acids is 1. The van der Waals surface area contributed by atoms with Crippen LogP contribution >= 0.6 is 18.7 Å². The number of methoxy groups -OCH3 is 1. The molecule has 1 amide bonds. The molecule has 0 spiro atoms. The second-order valence-electron chi connectivity index (χ2n) is 11.0. The molecular formula is C30H39ClN7O3P. The number of hydrogen-bond donors (Lipinski definition) is 3. The zero-order valence-electron chi connectivity index (χ0n) is 25.0. The molecule has 1 aliphatic heterocycles. The van der Waals surface area contributed by atoms with Crippen molar-refractivity contribution in [1.82, 2.24) is 14.9 Å². The highest BCUT2D eigenvalue weighted by atomic mass is 35.5. The molecular weight excluding hydrogens is 573 g/mol. The summed E-state index contributed by atoms with van der Waals surface area (Å²) in [5.41, 5.74) is 3.70. The molecule has 10 nitrogen and oxygen atoms in total. The summed E-state index contributed by atoms with van der Waals surface area (Å²) in [7, 11) is 3.21. The van der Waals surface area contributed by atoms with E-state index in [-0.39, 0.29) is 11.9 Å². The van der Waals surface area contributed by atoms with E-state index in [2.05, 4.69) is 56.4 Å². The lowest BCUT2D eigenvalue weighted by atomic mass is 10.0. The highest BCUT2D eigenvalue weighted by Gasteiger charge is 2.25. The first-order valence-electron chi connectivity index (χ1n) is 13.7. The number of aromatic nitrogens is 2. The Kier molecular flexibility index (Phi) is 9.82. The van der Waals surface area contributed by atoms with Crippen molar-refractivity contribution in [2.45, 2.75) is 25.8 Å². The predicted octanol–water partition coefficient (Wildman–Crippen LogP) is 5.84. The Hall–Kier alpha value is -3.59. The molecule has 4 rings (SSSR count). The number of aryl methyl sites for hydroxylation is 1. The van der Waals surface area contributed by atoms with Gasteiger partial charge in [0.25, 0.3) is 0 Å². The average Bonchev–Trinajstić information content (AvgIpc) is 2.95. The Morgan fingerprint density at radius 3 is 2.48 bits per heavy atom. The van der Waals surface area contributed by atoms with E-state index in [1.54, 1.807) is 26.5 Å². The summed E-state index contributed by atoms with van der Waals surface area (Å²) in [4.78, 5) is 25.8. The first kappa shape index (κ1) is 31.3. The number of benzene rings is 2. The van der Waals surface area contributed by atoms with Crippen molar-refractivity contribution in [1.29, 1.82) is 0 Å². The van der Waals surface area contributed by atoms with Gasteiger partial charge < -0.3 is 35.1 Å². The molecule has 224 valence electrons. The highest BCUT2D eigenvalue weighted by Crippen LogP contribution is 2.41. The van der Waals surface area contributed by atoms with Crippen LogP contribution in [0.25, 0.3) is 0 Å². The summed E-state index contributed by atoms with van der Waals surface area (Å²) < 4.78 is 18.7. The molecule has 12 heteroatoms. The van der Waals surface area contributed by atoms with Crippen LogP contribution < -0.4 is 30.9 Å². The second kappa shape index (κ2) is 13.2. The smallest absolute Gasteiger partial charge is 0.247 e. The number of ether oxygens (including phenoxy) is 1. The van der Waals surface area contributed by atoms with Crippen LogP contribution in [0.4, 0.5) is 34.5 Å². The Labute approximate surface area is 252 Å². The van der Waals surface area contributed by atoms with Crippen LogP contribution in [0.1, 0.15) is 18.4 Å². The molecule has 1 aliphatic rings. The van der Waals surface area contributed by atoms with E-state index >= 15 is 0 Å². The minimum absolute atomic E-state index is 0.255. The molecule has 3 N–H and O–H groups in total. The Morgan fingerprint density at radius 1 is 1.14 bits per heavy atom. The van der Waals surface area contributed by atoms with Crippen molar-refractivity contribution in [2.75, 3.05) is 68.5 Å². The molecule has 0 saturated carbocycles. The van der Waals surface area contributed by atoms with Crippen LogP contribution in [-0.2, 0) is 9.36 Å². The van der Waals surface area contributed by atoms with E-state index in [1.807, 2.05) is 31.2 Å². The lowest BCUT2D eigenvalue weighted by Gasteiger charge is -2.37. The number of piperidine rings is 1. The third-order valence-electron chi connectivity index (χ3n) is 7.27. The van der Waals surface area contributed by atoms with Crippen LogP contribution in [0.5, 0.6) is 5.75 Å². The fraction of sp³-hybridized carbons (Fsp3) is 0.367. The summed E-state index contributed by atoms with van der Waals surface area (Å²) >= 11 is 6.47. The summed E-state index contributed by atoms with van der Waals surface area (Å²) in [6.07, 6.45) is 4.74. The topological polar surface area (TPSA) is 112 Å². The van der Waals surface area contributed by atoms with Crippen molar-refractivity contribution in [3.05, 3.63) is 59.8 Å². The Morgan fingerprint density at radius 2 is 1.86 bits per heavy atom. The number of halogens is 1. The second-order valence-corrected chi connectivity index (χ2v) is 14.5. The van der Waals surface area contributed by atoms with Crippen LogP contribution in [0, 0.1) is 6.92 Å². The van der Waals surface area contributed by atoms with Crippen LogP contribution in [0.15, 0.2) is 49.2 Å². The minimum Gasteiger partial charge on any atom is -0.494 e. The quantitative estimate of drug-likeness (QED) is 0.192.